The van der Waals surface area contributed by atoms with Crippen molar-refractivity contribution in [3.8, 4) is 17.3 Å². The molecule has 0 aliphatic heterocycles. The smallest absolute Gasteiger partial charge is 0.223 e. The summed E-state index contributed by atoms with van der Waals surface area (Å²) < 4.78 is 0. The van der Waals surface area contributed by atoms with Gasteiger partial charge in [-0.15, -0.1) is 15.0 Å². The Morgan fingerprint density at radius 3 is 2.41 bits per heavy atom. The minimum Gasteiger partial charge on any atom is -0.253 e. The van der Waals surface area contributed by atoms with Crippen molar-refractivity contribution in [3.63, 3.8) is 0 Å². The van der Waals surface area contributed by atoms with Crippen LogP contribution in [0.15, 0.2) is 48.8 Å². The molecule has 3 heterocycles. The molecule has 0 saturated carbocycles. The first-order chi connectivity index (χ1) is 8.43. The van der Waals surface area contributed by atoms with Gasteiger partial charge in [0, 0.05) is 12.4 Å². The van der Waals surface area contributed by atoms with Crippen molar-refractivity contribution < 1.29 is 0 Å². The summed E-state index contributed by atoms with van der Waals surface area (Å²) >= 11 is 0. The first kappa shape index (κ1) is 9.59. The lowest BCUT2D eigenvalue weighted by Crippen LogP contribution is -2.00. The molecule has 6 heteroatoms. The van der Waals surface area contributed by atoms with Crippen LogP contribution in [0.25, 0.3) is 17.3 Å². The zero-order chi connectivity index (χ0) is 11.5. The van der Waals surface area contributed by atoms with E-state index < -0.39 is 0 Å². The third-order valence-electron chi connectivity index (χ3n) is 2.16. The van der Waals surface area contributed by atoms with Crippen molar-refractivity contribution in [1.29, 1.82) is 0 Å². The second-order valence-corrected chi connectivity index (χ2v) is 3.31. The van der Waals surface area contributed by atoms with Gasteiger partial charge in [-0.1, -0.05) is 12.1 Å². The number of hydrogen-bond acceptors (Lipinski definition) is 5. The summed E-state index contributed by atoms with van der Waals surface area (Å²) in [6, 6.07) is 11.1. The van der Waals surface area contributed by atoms with Gasteiger partial charge in [0.1, 0.15) is 5.69 Å². The molecule has 17 heavy (non-hydrogen) atoms. The highest BCUT2D eigenvalue weighted by atomic mass is 15.6. The Bertz CT molecular complexity index is 550. The Balaban J connectivity index is 1.99. The Morgan fingerprint density at radius 2 is 1.71 bits per heavy atom. The maximum atomic E-state index is 4.22. The summed E-state index contributed by atoms with van der Waals surface area (Å²) in [7, 11) is 0. The summed E-state index contributed by atoms with van der Waals surface area (Å²) in [6.07, 6.45) is 3.37. The molecular weight excluding hydrogens is 216 g/mol. The summed E-state index contributed by atoms with van der Waals surface area (Å²) in [5.74, 6) is 1.11. The molecule has 0 unspecified atom stereocenters. The second-order valence-electron chi connectivity index (χ2n) is 3.31. The standard InChI is InChI=1S/C11H8N6/c1-3-7-12-9(5-1)11-14-16-17(15-11)10-6-2-4-8-13-10/h1-8H. The summed E-state index contributed by atoms with van der Waals surface area (Å²) in [6.45, 7) is 0. The average Bonchev–Trinajstić information content (AvgIpc) is 2.90. The van der Waals surface area contributed by atoms with Crippen LogP contribution >= 0.6 is 0 Å². The van der Waals surface area contributed by atoms with Crippen LogP contribution in [-0.4, -0.2) is 30.2 Å². The molecule has 0 N–H and O–H groups in total. The molecule has 0 amide bonds. The van der Waals surface area contributed by atoms with Crippen LogP contribution < -0.4 is 0 Å². The maximum Gasteiger partial charge on any atom is 0.223 e. The first-order valence-corrected chi connectivity index (χ1v) is 5.06. The van der Waals surface area contributed by atoms with E-state index in [9.17, 15) is 0 Å². The lowest BCUT2D eigenvalue weighted by Gasteiger charge is -1.94. The van der Waals surface area contributed by atoms with Gasteiger partial charge in [-0.3, -0.25) is 4.98 Å². The van der Waals surface area contributed by atoms with Crippen molar-refractivity contribution in [3.05, 3.63) is 48.8 Å². The fourth-order valence-electron chi connectivity index (χ4n) is 1.38. The molecule has 0 atom stereocenters. The lowest BCUT2D eigenvalue weighted by atomic mass is 10.3. The summed E-state index contributed by atoms with van der Waals surface area (Å²) in [5.41, 5.74) is 0.690. The molecule has 0 saturated heterocycles. The van der Waals surface area contributed by atoms with Gasteiger partial charge >= 0.3 is 0 Å². The van der Waals surface area contributed by atoms with Crippen LogP contribution in [0.2, 0.25) is 0 Å². The first-order valence-electron chi connectivity index (χ1n) is 5.06. The molecule has 3 rings (SSSR count). The Morgan fingerprint density at radius 1 is 0.882 bits per heavy atom. The van der Waals surface area contributed by atoms with Crippen molar-refractivity contribution in [1.82, 2.24) is 30.2 Å². The van der Waals surface area contributed by atoms with Crippen LogP contribution in [0.3, 0.4) is 0 Å². The highest BCUT2D eigenvalue weighted by Gasteiger charge is 2.07. The molecule has 0 aromatic carbocycles. The second kappa shape index (κ2) is 4.09. The molecule has 0 radical (unpaired) electrons. The van der Waals surface area contributed by atoms with Crippen LogP contribution in [0, 0.1) is 0 Å². The average molecular weight is 224 g/mol. The third-order valence-corrected chi connectivity index (χ3v) is 2.16. The fraction of sp³-hybridized carbons (Fsp3) is 0. The van der Waals surface area contributed by atoms with E-state index in [1.807, 2.05) is 36.4 Å². The van der Waals surface area contributed by atoms with Gasteiger partial charge in [0.05, 0.1) is 0 Å². The summed E-state index contributed by atoms with van der Waals surface area (Å²) in [5, 5.41) is 12.1. The number of tetrazole rings is 1. The molecule has 3 aromatic rings. The highest BCUT2D eigenvalue weighted by Crippen LogP contribution is 2.09. The van der Waals surface area contributed by atoms with Crippen LogP contribution in [0.4, 0.5) is 0 Å². The van der Waals surface area contributed by atoms with Crippen molar-refractivity contribution in [2.45, 2.75) is 0 Å². The minimum absolute atomic E-state index is 0.483. The van der Waals surface area contributed by atoms with Gasteiger partial charge in [-0.2, -0.15) is 0 Å². The molecule has 0 spiro atoms. The zero-order valence-corrected chi connectivity index (χ0v) is 8.80. The Hall–Kier alpha value is -2.63. The van der Waals surface area contributed by atoms with E-state index >= 15 is 0 Å². The Labute approximate surface area is 97.0 Å². The van der Waals surface area contributed by atoms with Gasteiger partial charge in [0.15, 0.2) is 5.82 Å². The van der Waals surface area contributed by atoms with E-state index in [-0.39, 0.29) is 0 Å². The Kier molecular flexibility index (Phi) is 2.31. The van der Waals surface area contributed by atoms with E-state index in [0.29, 0.717) is 17.3 Å². The number of nitrogens with zero attached hydrogens (tertiary/aromatic N) is 6. The van der Waals surface area contributed by atoms with Crippen molar-refractivity contribution in [2.24, 2.45) is 0 Å². The molecule has 0 fully saturated rings. The van der Waals surface area contributed by atoms with Gasteiger partial charge < -0.3 is 0 Å². The third kappa shape index (κ3) is 1.87. The van der Waals surface area contributed by atoms with E-state index in [0.717, 1.165) is 0 Å². The van der Waals surface area contributed by atoms with Gasteiger partial charge in [0.2, 0.25) is 5.82 Å². The molecule has 0 aliphatic carbocycles. The molecule has 6 nitrogen and oxygen atoms in total. The van der Waals surface area contributed by atoms with Gasteiger partial charge in [-0.05, 0) is 29.5 Å². The highest BCUT2D eigenvalue weighted by molar-refractivity contribution is 5.46. The maximum absolute atomic E-state index is 4.22. The molecule has 3 aromatic heterocycles. The van der Waals surface area contributed by atoms with E-state index in [1.54, 1.807) is 12.4 Å². The van der Waals surface area contributed by atoms with Crippen LogP contribution in [0.1, 0.15) is 0 Å². The normalized spacial score (nSPS) is 10.4. The van der Waals surface area contributed by atoms with Crippen LogP contribution in [0.5, 0.6) is 0 Å². The number of pyridine rings is 2. The van der Waals surface area contributed by atoms with Crippen molar-refractivity contribution >= 4 is 0 Å². The van der Waals surface area contributed by atoms with E-state index in [1.165, 1.54) is 4.80 Å². The van der Waals surface area contributed by atoms with Gasteiger partial charge in [-0.25, -0.2) is 4.98 Å². The molecule has 0 bridgehead atoms. The van der Waals surface area contributed by atoms with Crippen LogP contribution in [-0.2, 0) is 0 Å². The predicted molar refractivity (Wildman–Crippen MR) is 60.2 cm³/mol. The fourth-order valence-corrected chi connectivity index (χ4v) is 1.38. The van der Waals surface area contributed by atoms with Crippen molar-refractivity contribution in [2.75, 3.05) is 0 Å². The monoisotopic (exact) mass is 224 g/mol. The minimum atomic E-state index is 0.483. The molecule has 82 valence electrons. The SMILES string of the molecule is c1ccc(-c2nnn(-c3ccccn3)n2)nc1. The molecule has 0 aliphatic rings. The van der Waals surface area contributed by atoms with E-state index in [2.05, 4.69) is 25.4 Å². The molecular formula is C11H8N6. The topological polar surface area (TPSA) is 69.4 Å². The van der Waals surface area contributed by atoms with E-state index in [4.69, 9.17) is 0 Å². The lowest BCUT2D eigenvalue weighted by molar-refractivity contribution is 0.700. The number of rotatable bonds is 2. The summed E-state index contributed by atoms with van der Waals surface area (Å²) in [4.78, 5) is 9.67. The number of hydrogen-bond donors (Lipinski definition) is 0. The van der Waals surface area contributed by atoms with Gasteiger partial charge in [0.25, 0.3) is 0 Å². The quantitative estimate of drug-likeness (QED) is 0.652. The largest absolute Gasteiger partial charge is 0.253 e. The zero-order valence-electron chi connectivity index (χ0n) is 8.80. The number of aromatic nitrogens is 6. The predicted octanol–water partition coefficient (Wildman–Crippen LogP) is 1.12.